The Balaban J connectivity index is 1.20. The fourth-order valence-corrected chi connectivity index (χ4v) is 4.06. The summed E-state index contributed by atoms with van der Waals surface area (Å²) < 4.78 is 11.7. The number of benzene rings is 1. The number of nitrogens with zero attached hydrogens (tertiary/aromatic N) is 2. The molecule has 2 aliphatic heterocycles. The average molecular weight is 436 g/mol. The molecule has 1 aromatic heterocycles. The number of pyridine rings is 1. The summed E-state index contributed by atoms with van der Waals surface area (Å²) in [5, 5.41) is 4.38. The van der Waals surface area contributed by atoms with E-state index in [4.69, 9.17) is 32.7 Å². The smallest absolute Gasteiger partial charge is 0.256 e. The Morgan fingerprint density at radius 3 is 2.79 bits per heavy atom. The van der Waals surface area contributed by atoms with Crippen LogP contribution in [0.3, 0.4) is 0 Å². The first-order valence-corrected chi connectivity index (χ1v) is 10.6. The van der Waals surface area contributed by atoms with Crippen LogP contribution >= 0.6 is 23.2 Å². The minimum absolute atomic E-state index is 0.0420. The number of hydrogen-bond acceptors (Lipinski definition) is 5. The molecule has 2 aliphatic rings. The number of likely N-dealkylation sites (tertiary alicyclic amines) is 1. The molecule has 1 amide bonds. The highest BCUT2D eigenvalue weighted by molar-refractivity contribution is 6.32. The highest BCUT2D eigenvalue weighted by Crippen LogP contribution is 2.34. The van der Waals surface area contributed by atoms with Gasteiger partial charge in [-0.05, 0) is 49.6 Å². The van der Waals surface area contributed by atoms with Crippen molar-refractivity contribution in [2.24, 2.45) is 5.92 Å². The number of piperidine rings is 1. The van der Waals surface area contributed by atoms with E-state index in [-0.39, 0.29) is 17.2 Å². The molecule has 1 saturated heterocycles. The number of halogens is 2. The highest BCUT2D eigenvalue weighted by Gasteiger charge is 2.26. The van der Waals surface area contributed by atoms with Gasteiger partial charge < -0.3 is 19.7 Å². The maximum absolute atomic E-state index is 12.6. The molecule has 6 nitrogen and oxygen atoms in total. The molecule has 0 saturated carbocycles. The van der Waals surface area contributed by atoms with Crippen molar-refractivity contribution in [3.63, 3.8) is 0 Å². The summed E-state index contributed by atoms with van der Waals surface area (Å²) in [6.07, 6.45) is 3.45. The maximum atomic E-state index is 12.6. The van der Waals surface area contributed by atoms with Crippen LogP contribution in [0.4, 0.5) is 0 Å². The molecule has 2 aromatic rings. The molecule has 1 unspecified atom stereocenters. The van der Waals surface area contributed by atoms with Gasteiger partial charge in [-0.2, -0.15) is 0 Å². The Bertz CT molecular complexity index is 872. The van der Waals surface area contributed by atoms with Gasteiger partial charge in [-0.3, -0.25) is 4.79 Å². The van der Waals surface area contributed by atoms with E-state index in [0.717, 1.165) is 38.2 Å². The number of hydrogen-bond donors (Lipinski definition) is 1. The number of aromatic nitrogens is 1. The third kappa shape index (κ3) is 4.94. The Hall–Kier alpha value is -2.02. The van der Waals surface area contributed by atoms with Gasteiger partial charge in [-0.15, -0.1) is 0 Å². The molecule has 29 heavy (non-hydrogen) atoms. The van der Waals surface area contributed by atoms with Crippen molar-refractivity contribution in [1.82, 2.24) is 15.2 Å². The molecule has 1 atom stereocenters. The summed E-state index contributed by atoms with van der Waals surface area (Å²) in [5.74, 6) is 1.90. The quantitative estimate of drug-likeness (QED) is 0.725. The normalized spacial score (nSPS) is 19.2. The molecule has 154 valence electrons. The zero-order valence-corrected chi connectivity index (χ0v) is 17.5. The number of fused-ring (bicyclic) bond motifs is 1. The zero-order chi connectivity index (χ0) is 20.2. The zero-order valence-electron chi connectivity index (χ0n) is 15.9. The number of carbonyl (C=O) groups excluding carboxylic acids is 1. The van der Waals surface area contributed by atoms with Crippen LogP contribution in [0.1, 0.15) is 23.2 Å². The van der Waals surface area contributed by atoms with Crippen LogP contribution in [-0.4, -0.2) is 54.7 Å². The second-order valence-electron chi connectivity index (χ2n) is 7.38. The van der Waals surface area contributed by atoms with Crippen molar-refractivity contribution in [3.05, 3.63) is 52.3 Å². The fraction of sp³-hybridized carbons (Fsp3) is 0.429. The second kappa shape index (κ2) is 9.20. The van der Waals surface area contributed by atoms with Crippen LogP contribution in [0.15, 0.2) is 36.5 Å². The van der Waals surface area contributed by atoms with E-state index in [9.17, 15) is 4.79 Å². The minimum atomic E-state index is -0.0460. The predicted molar refractivity (Wildman–Crippen MR) is 112 cm³/mol. The molecule has 4 rings (SSSR count). The van der Waals surface area contributed by atoms with E-state index >= 15 is 0 Å². The highest BCUT2D eigenvalue weighted by atomic mass is 35.5. The van der Waals surface area contributed by atoms with Gasteiger partial charge >= 0.3 is 0 Å². The lowest BCUT2D eigenvalue weighted by atomic mass is 9.96. The summed E-state index contributed by atoms with van der Waals surface area (Å²) in [7, 11) is 0. The predicted octanol–water partition coefficient (Wildman–Crippen LogP) is 3.67. The minimum Gasteiger partial charge on any atom is -0.486 e. The van der Waals surface area contributed by atoms with Gasteiger partial charge in [0.25, 0.3) is 5.91 Å². The van der Waals surface area contributed by atoms with Gasteiger partial charge in [0.1, 0.15) is 17.9 Å². The topological polar surface area (TPSA) is 63.7 Å². The van der Waals surface area contributed by atoms with Crippen molar-refractivity contribution >= 4 is 29.1 Å². The summed E-state index contributed by atoms with van der Waals surface area (Å²) in [6, 6.07) is 8.86. The number of carbonyl (C=O) groups is 1. The molecule has 0 aliphatic carbocycles. The Morgan fingerprint density at radius 1 is 1.17 bits per heavy atom. The van der Waals surface area contributed by atoms with Gasteiger partial charge in [-0.25, -0.2) is 4.98 Å². The molecule has 0 radical (unpaired) electrons. The van der Waals surface area contributed by atoms with Crippen LogP contribution in [0.2, 0.25) is 10.2 Å². The van der Waals surface area contributed by atoms with Gasteiger partial charge in [0.2, 0.25) is 0 Å². The van der Waals surface area contributed by atoms with Gasteiger partial charge in [0.15, 0.2) is 11.5 Å². The fourth-order valence-electron chi connectivity index (χ4n) is 3.69. The standard InChI is InChI=1S/C21H23Cl2N3O3/c22-15-3-4-18-19(10-15)29-16(13-28-18)12-24-11-14-5-8-26(9-6-14)21(27)17-2-1-7-25-20(17)23/h1-4,7,10,14,16,24H,5-6,8-9,11-13H2. The lowest BCUT2D eigenvalue weighted by Crippen LogP contribution is -2.43. The third-order valence-electron chi connectivity index (χ3n) is 5.32. The van der Waals surface area contributed by atoms with Crippen molar-refractivity contribution in [2.45, 2.75) is 18.9 Å². The van der Waals surface area contributed by atoms with Crippen LogP contribution in [0, 0.1) is 5.92 Å². The number of ether oxygens (including phenoxy) is 2. The molecule has 0 spiro atoms. The van der Waals surface area contributed by atoms with Crippen LogP contribution in [0.5, 0.6) is 11.5 Å². The summed E-state index contributed by atoms with van der Waals surface area (Å²) in [4.78, 5) is 18.5. The molecule has 3 heterocycles. The SMILES string of the molecule is O=C(c1cccnc1Cl)N1CCC(CNCC2COc3ccc(Cl)cc3O2)CC1. The molecule has 0 bridgehead atoms. The number of amides is 1. The Morgan fingerprint density at radius 2 is 2.00 bits per heavy atom. The summed E-state index contributed by atoms with van der Waals surface area (Å²) in [5.41, 5.74) is 0.473. The lowest BCUT2D eigenvalue weighted by molar-refractivity contribution is 0.0681. The van der Waals surface area contributed by atoms with E-state index in [1.54, 1.807) is 30.5 Å². The molecular formula is C21H23Cl2N3O3. The number of nitrogens with one attached hydrogen (secondary N) is 1. The van der Waals surface area contributed by atoms with Crippen LogP contribution in [0.25, 0.3) is 0 Å². The van der Waals surface area contributed by atoms with E-state index < -0.39 is 0 Å². The number of rotatable bonds is 5. The van der Waals surface area contributed by atoms with Crippen molar-refractivity contribution in [3.8, 4) is 11.5 Å². The third-order valence-corrected chi connectivity index (χ3v) is 5.86. The Labute approximate surface area is 180 Å². The van der Waals surface area contributed by atoms with Crippen molar-refractivity contribution in [2.75, 3.05) is 32.8 Å². The monoisotopic (exact) mass is 435 g/mol. The Kier molecular flexibility index (Phi) is 6.43. The summed E-state index contributed by atoms with van der Waals surface area (Å²) in [6.45, 7) is 3.56. The van der Waals surface area contributed by atoms with Gasteiger partial charge in [0.05, 0.1) is 5.56 Å². The average Bonchev–Trinajstić information content (AvgIpc) is 2.74. The molecule has 1 fully saturated rings. The van der Waals surface area contributed by atoms with Gasteiger partial charge in [-0.1, -0.05) is 23.2 Å². The first-order chi connectivity index (χ1) is 14.1. The molecule has 1 aromatic carbocycles. The maximum Gasteiger partial charge on any atom is 0.256 e. The van der Waals surface area contributed by atoms with Crippen LogP contribution < -0.4 is 14.8 Å². The molecule has 8 heteroatoms. The largest absolute Gasteiger partial charge is 0.486 e. The molecule has 1 N–H and O–H groups in total. The van der Waals surface area contributed by atoms with E-state index in [1.807, 2.05) is 11.0 Å². The van der Waals surface area contributed by atoms with Crippen molar-refractivity contribution in [1.29, 1.82) is 0 Å². The lowest BCUT2D eigenvalue weighted by Gasteiger charge is -2.33. The second-order valence-corrected chi connectivity index (χ2v) is 8.17. The van der Waals surface area contributed by atoms with E-state index in [0.29, 0.717) is 35.4 Å². The van der Waals surface area contributed by atoms with Gasteiger partial charge in [0, 0.05) is 36.9 Å². The van der Waals surface area contributed by atoms with Crippen LogP contribution in [-0.2, 0) is 0 Å². The summed E-state index contributed by atoms with van der Waals surface area (Å²) >= 11 is 12.1. The van der Waals surface area contributed by atoms with E-state index in [2.05, 4.69) is 10.3 Å². The van der Waals surface area contributed by atoms with E-state index in [1.165, 1.54) is 0 Å². The molecular weight excluding hydrogens is 413 g/mol. The first kappa shape index (κ1) is 20.3. The first-order valence-electron chi connectivity index (χ1n) is 9.79. The van der Waals surface area contributed by atoms with Crippen molar-refractivity contribution < 1.29 is 14.3 Å².